The molecule has 2 N–H and O–H groups in total. The summed E-state index contributed by atoms with van der Waals surface area (Å²) in [4.78, 5) is 4.34. The SMILES string of the molecule is NCc1noc([C@H](c2ccccc2)n2cccc2)n1. The van der Waals surface area contributed by atoms with Crippen molar-refractivity contribution < 1.29 is 4.52 Å². The molecule has 3 aromatic rings. The van der Waals surface area contributed by atoms with Crippen LogP contribution in [0.4, 0.5) is 0 Å². The van der Waals surface area contributed by atoms with Crippen LogP contribution in [-0.4, -0.2) is 14.7 Å². The van der Waals surface area contributed by atoms with Gasteiger partial charge in [-0.05, 0) is 17.7 Å². The first-order valence-corrected chi connectivity index (χ1v) is 6.08. The highest BCUT2D eigenvalue weighted by molar-refractivity contribution is 5.25. The summed E-state index contributed by atoms with van der Waals surface area (Å²) in [6.45, 7) is 0.274. The first-order valence-electron chi connectivity index (χ1n) is 6.08. The molecule has 0 radical (unpaired) electrons. The molecule has 1 aromatic carbocycles. The van der Waals surface area contributed by atoms with Crippen LogP contribution >= 0.6 is 0 Å². The molecule has 0 spiro atoms. The van der Waals surface area contributed by atoms with Gasteiger partial charge in [0.15, 0.2) is 5.82 Å². The monoisotopic (exact) mass is 254 g/mol. The Morgan fingerprint density at radius 3 is 2.47 bits per heavy atom. The van der Waals surface area contributed by atoms with Gasteiger partial charge in [-0.15, -0.1) is 0 Å². The lowest BCUT2D eigenvalue weighted by Crippen LogP contribution is -2.11. The van der Waals surface area contributed by atoms with Gasteiger partial charge in [0, 0.05) is 12.4 Å². The summed E-state index contributed by atoms with van der Waals surface area (Å²) in [5.41, 5.74) is 6.62. The zero-order valence-electron chi connectivity index (χ0n) is 10.3. The van der Waals surface area contributed by atoms with Gasteiger partial charge in [-0.3, -0.25) is 0 Å². The minimum atomic E-state index is -0.121. The molecule has 2 aromatic heterocycles. The van der Waals surface area contributed by atoms with Crippen molar-refractivity contribution in [3.05, 3.63) is 72.1 Å². The molecule has 19 heavy (non-hydrogen) atoms. The van der Waals surface area contributed by atoms with Crippen LogP contribution < -0.4 is 5.73 Å². The van der Waals surface area contributed by atoms with Crippen molar-refractivity contribution in [2.45, 2.75) is 12.6 Å². The van der Waals surface area contributed by atoms with E-state index in [1.165, 1.54) is 0 Å². The molecule has 1 atom stereocenters. The average Bonchev–Trinajstić information content (AvgIpc) is 3.12. The molecule has 0 unspecified atom stereocenters. The molecule has 0 bridgehead atoms. The Morgan fingerprint density at radius 2 is 1.84 bits per heavy atom. The van der Waals surface area contributed by atoms with Crippen molar-refractivity contribution in [1.29, 1.82) is 0 Å². The number of hydrogen-bond acceptors (Lipinski definition) is 4. The maximum Gasteiger partial charge on any atom is 0.254 e. The standard InChI is InChI=1S/C14H14N4O/c15-10-12-16-14(19-17-12)13(18-8-4-5-9-18)11-6-2-1-3-7-11/h1-9,13H,10,15H2/t13-/m0/s1. The van der Waals surface area contributed by atoms with Crippen LogP contribution in [-0.2, 0) is 6.54 Å². The predicted molar refractivity (Wildman–Crippen MR) is 70.3 cm³/mol. The van der Waals surface area contributed by atoms with Gasteiger partial charge in [0.2, 0.25) is 0 Å². The van der Waals surface area contributed by atoms with E-state index >= 15 is 0 Å². The third-order valence-electron chi connectivity index (χ3n) is 2.94. The number of aromatic nitrogens is 3. The Labute approximate surface area is 110 Å². The zero-order valence-corrected chi connectivity index (χ0v) is 10.3. The van der Waals surface area contributed by atoms with Gasteiger partial charge in [0.25, 0.3) is 5.89 Å². The highest BCUT2D eigenvalue weighted by atomic mass is 16.5. The first kappa shape index (κ1) is 11.7. The minimum absolute atomic E-state index is 0.121. The maximum absolute atomic E-state index is 5.53. The second kappa shape index (κ2) is 5.07. The number of benzene rings is 1. The van der Waals surface area contributed by atoms with E-state index in [4.69, 9.17) is 10.3 Å². The highest BCUT2D eigenvalue weighted by Gasteiger charge is 2.21. The lowest BCUT2D eigenvalue weighted by Gasteiger charge is -2.15. The van der Waals surface area contributed by atoms with E-state index in [-0.39, 0.29) is 12.6 Å². The fourth-order valence-corrected chi connectivity index (χ4v) is 2.06. The van der Waals surface area contributed by atoms with Crippen molar-refractivity contribution >= 4 is 0 Å². The molecule has 96 valence electrons. The Kier molecular flexibility index (Phi) is 3.12. The Hall–Kier alpha value is -2.40. The van der Waals surface area contributed by atoms with Crippen LogP contribution in [0, 0.1) is 0 Å². The molecule has 0 amide bonds. The normalized spacial score (nSPS) is 12.5. The largest absolute Gasteiger partial charge is 0.338 e. The van der Waals surface area contributed by atoms with E-state index in [0.717, 1.165) is 5.56 Å². The first-order chi connectivity index (χ1) is 9.38. The summed E-state index contributed by atoms with van der Waals surface area (Å²) in [6, 6.07) is 13.9. The second-order valence-electron chi connectivity index (χ2n) is 4.20. The van der Waals surface area contributed by atoms with Crippen LogP contribution in [0.1, 0.15) is 23.3 Å². The second-order valence-corrected chi connectivity index (χ2v) is 4.20. The van der Waals surface area contributed by atoms with E-state index in [1.807, 2.05) is 59.4 Å². The third kappa shape index (κ3) is 2.28. The van der Waals surface area contributed by atoms with Crippen molar-refractivity contribution in [2.24, 2.45) is 5.73 Å². The van der Waals surface area contributed by atoms with Gasteiger partial charge in [-0.25, -0.2) is 0 Å². The van der Waals surface area contributed by atoms with Crippen LogP contribution in [0.2, 0.25) is 0 Å². The van der Waals surface area contributed by atoms with Gasteiger partial charge >= 0.3 is 0 Å². The van der Waals surface area contributed by atoms with Crippen LogP contribution in [0.15, 0.2) is 59.4 Å². The smallest absolute Gasteiger partial charge is 0.254 e. The topological polar surface area (TPSA) is 69.9 Å². The third-order valence-corrected chi connectivity index (χ3v) is 2.94. The molecular weight excluding hydrogens is 240 g/mol. The van der Waals surface area contributed by atoms with Crippen LogP contribution in [0.25, 0.3) is 0 Å². The summed E-state index contributed by atoms with van der Waals surface area (Å²) in [6.07, 6.45) is 3.95. The van der Waals surface area contributed by atoms with Crippen molar-refractivity contribution in [1.82, 2.24) is 14.7 Å². The summed E-state index contributed by atoms with van der Waals surface area (Å²) >= 11 is 0. The highest BCUT2D eigenvalue weighted by Crippen LogP contribution is 2.25. The van der Waals surface area contributed by atoms with Crippen molar-refractivity contribution in [3.63, 3.8) is 0 Å². The molecule has 5 nitrogen and oxygen atoms in total. The van der Waals surface area contributed by atoms with Gasteiger partial charge in [-0.2, -0.15) is 4.98 Å². The van der Waals surface area contributed by atoms with Crippen molar-refractivity contribution in [2.75, 3.05) is 0 Å². The van der Waals surface area contributed by atoms with Gasteiger partial charge in [0.1, 0.15) is 6.04 Å². The maximum atomic E-state index is 5.53. The number of nitrogens with two attached hydrogens (primary N) is 1. The number of hydrogen-bond donors (Lipinski definition) is 1. The average molecular weight is 254 g/mol. The number of nitrogens with zero attached hydrogens (tertiary/aromatic N) is 3. The van der Waals surface area contributed by atoms with E-state index in [9.17, 15) is 0 Å². The molecule has 0 aliphatic rings. The van der Waals surface area contributed by atoms with E-state index in [2.05, 4.69) is 10.1 Å². The molecule has 0 aliphatic heterocycles. The molecule has 0 saturated carbocycles. The molecule has 0 aliphatic carbocycles. The number of rotatable bonds is 4. The van der Waals surface area contributed by atoms with Crippen LogP contribution in [0.3, 0.4) is 0 Å². The fraction of sp³-hybridized carbons (Fsp3) is 0.143. The lowest BCUT2D eigenvalue weighted by molar-refractivity contribution is 0.349. The van der Waals surface area contributed by atoms with E-state index in [0.29, 0.717) is 11.7 Å². The molecule has 0 fully saturated rings. The zero-order chi connectivity index (χ0) is 13.1. The van der Waals surface area contributed by atoms with E-state index in [1.54, 1.807) is 0 Å². The summed E-state index contributed by atoms with van der Waals surface area (Å²) in [5, 5.41) is 3.87. The van der Waals surface area contributed by atoms with Gasteiger partial charge in [0.05, 0.1) is 6.54 Å². The van der Waals surface area contributed by atoms with Crippen LogP contribution in [0.5, 0.6) is 0 Å². The fourth-order valence-electron chi connectivity index (χ4n) is 2.06. The molecule has 2 heterocycles. The molecular formula is C14H14N4O. The van der Waals surface area contributed by atoms with Gasteiger partial charge in [-0.1, -0.05) is 35.5 Å². The Balaban J connectivity index is 2.07. The minimum Gasteiger partial charge on any atom is -0.338 e. The summed E-state index contributed by atoms with van der Waals surface area (Å²) in [5.74, 6) is 1.06. The predicted octanol–water partition coefficient (Wildman–Crippen LogP) is 1.97. The molecule has 3 rings (SSSR count). The summed E-state index contributed by atoms with van der Waals surface area (Å²) < 4.78 is 7.36. The quantitative estimate of drug-likeness (QED) is 0.772. The lowest BCUT2D eigenvalue weighted by atomic mass is 10.1. The summed E-state index contributed by atoms with van der Waals surface area (Å²) in [7, 11) is 0. The molecule has 0 saturated heterocycles. The van der Waals surface area contributed by atoms with Gasteiger partial charge < -0.3 is 14.8 Å². The van der Waals surface area contributed by atoms with E-state index < -0.39 is 0 Å². The van der Waals surface area contributed by atoms with Crippen molar-refractivity contribution in [3.8, 4) is 0 Å². The Morgan fingerprint density at radius 1 is 1.11 bits per heavy atom. The molecule has 5 heteroatoms. The Bertz CT molecular complexity index is 631.